The lowest BCUT2D eigenvalue weighted by Crippen LogP contribution is -2.67. The van der Waals surface area contributed by atoms with E-state index in [2.05, 4.69) is 4.90 Å². The highest BCUT2D eigenvalue weighted by molar-refractivity contribution is 5.86. The van der Waals surface area contributed by atoms with E-state index in [1.165, 1.54) is 25.3 Å². The highest BCUT2D eigenvalue weighted by Gasteiger charge is 2.61. The molecule has 1 aromatic rings. The van der Waals surface area contributed by atoms with Gasteiger partial charge in [0.2, 0.25) is 0 Å². The number of phenolic OH excluding ortho intramolecular Hbond substituents is 2. The summed E-state index contributed by atoms with van der Waals surface area (Å²) >= 11 is 0. The van der Waals surface area contributed by atoms with E-state index in [0.717, 1.165) is 37.4 Å². The van der Waals surface area contributed by atoms with Gasteiger partial charge in [-0.1, -0.05) is 12.5 Å². The summed E-state index contributed by atoms with van der Waals surface area (Å²) in [6.45, 7) is 1.96. The first kappa shape index (κ1) is 16.6. The van der Waals surface area contributed by atoms with Gasteiger partial charge in [-0.3, -0.25) is 9.69 Å². The molecule has 0 spiro atoms. The lowest BCUT2D eigenvalue weighted by Gasteiger charge is -2.60. The van der Waals surface area contributed by atoms with Crippen LogP contribution in [0.3, 0.4) is 0 Å². The number of fused-ring (bicyclic) bond motifs is 1. The number of carbonyl (C=O) groups is 1. The summed E-state index contributed by atoms with van der Waals surface area (Å²) in [5.41, 5.74) is 0.878. The number of aliphatic hydroxyl groups excluding tert-OH is 1. The Hall–Kier alpha value is -1.59. The minimum atomic E-state index is -1.08. The number of rotatable bonds is 2. The average Bonchev–Trinajstić information content (AvgIpc) is 2.59. The van der Waals surface area contributed by atoms with E-state index >= 15 is 0 Å². The molecule has 5 heteroatoms. The fraction of sp³-hybridized carbons (Fsp3) is 0.667. The Morgan fingerprint density at radius 2 is 2.00 bits per heavy atom. The maximum atomic E-state index is 12.5. The molecular formula is C21H27NO4. The molecular weight excluding hydrogens is 330 g/mol. The van der Waals surface area contributed by atoms with E-state index in [1.54, 1.807) is 0 Å². The third kappa shape index (κ3) is 2.07. The first-order valence-corrected chi connectivity index (χ1v) is 10.0. The minimum Gasteiger partial charge on any atom is -0.504 e. The molecule has 3 unspecified atom stereocenters. The molecule has 1 saturated heterocycles. The van der Waals surface area contributed by atoms with Crippen molar-refractivity contribution in [1.29, 1.82) is 0 Å². The van der Waals surface area contributed by atoms with E-state index < -0.39 is 11.5 Å². The zero-order valence-corrected chi connectivity index (χ0v) is 15.0. The summed E-state index contributed by atoms with van der Waals surface area (Å²) in [4.78, 5) is 15.0. The quantitative estimate of drug-likeness (QED) is 0.707. The van der Waals surface area contributed by atoms with Gasteiger partial charge in [-0.15, -0.1) is 0 Å². The topological polar surface area (TPSA) is 81.0 Å². The molecule has 0 radical (unpaired) electrons. The predicted octanol–water partition coefficient (Wildman–Crippen LogP) is 2.11. The molecule has 0 amide bonds. The van der Waals surface area contributed by atoms with Gasteiger partial charge in [0.25, 0.3) is 0 Å². The molecule has 3 N–H and O–H groups in total. The smallest absolute Gasteiger partial charge is 0.162 e. The van der Waals surface area contributed by atoms with Crippen LogP contribution in [0.15, 0.2) is 12.1 Å². The molecule has 3 aliphatic carbocycles. The van der Waals surface area contributed by atoms with Crippen molar-refractivity contribution >= 4 is 5.78 Å². The molecule has 2 bridgehead atoms. The van der Waals surface area contributed by atoms with Crippen LogP contribution in [-0.2, 0) is 16.6 Å². The third-order valence-electron chi connectivity index (χ3n) is 7.76. The van der Waals surface area contributed by atoms with Crippen LogP contribution in [0, 0.1) is 11.8 Å². The summed E-state index contributed by atoms with van der Waals surface area (Å²) in [5, 5.41) is 31.8. The summed E-state index contributed by atoms with van der Waals surface area (Å²) in [6, 6.07) is 3.71. The van der Waals surface area contributed by atoms with Crippen molar-refractivity contribution in [3.63, 3.8) is 0 Å². The highest BCUT2D eigenvalue weighted by atomic mass is 16.3. The van der Waals surface area contributed by atoms with Crippen LogP contribution in [-0.4, -0.2) is 51.2 Å². The van der Waals surface area contributed by atoms with Crippen molar-refractivity contribution in [2.45, 2.75) is 62.5 Å². The number of benzene rings is 1. The lowest BCUT2D eigenvalue weighted by molar-refractivity contribution is -0.146. The lowest BCUT2D eigenvalue weighted by atomic mass is 9.50. The van der Waals surface area contributed by atoms with Gasteiger partial charge in [-0.25, -0.2) is 0 Å². The number of phenols is 2. The number of aliphatic hydroxyl groups is 1. The molecule has 2 saturated carbocycles. The van der Waals surface area contributed by atoms with Crippen molar-refractivity contribution in [3.05, 3.63) is 23.3 Å². The van der Waals surface area contributed by atoms with Gasteiger partial charge < -0.3 is 15.3 Å². The second-order valence-corrected chi connectivity index (χ2v) is 8.84. The van der Waals surface area contributed by atoms with Crippen LogP contribution in [0.2, 0.25) is 0 Å². The van der Waals surface area contributed by atoms with Crippen LogP contribution in [0.1, 0.15) is 49.7 Å². The Morgan fingerprint density at radius 1 is 1.19 bits per heavy atom. The molecule has 1 aromatic carbocycles. The van der Waals surface area contributed by atoms with Crippen LogP contribution in [0.5, 0.6) is 11.5 Å². The zero-order valence-electron chi connectivity index (χ0n) is 15.0. The molecule has 4 aliphatic rings. The monoisotopic (exact) mass is 357 g/mol. The van der Waals surface area contributed by atoms with Crippen molar-refractivity contribution in [2.75, 3.05) is 13.1 Å². The van der Waals surface area contributed by atoms with Crippen molar-refractivity contribution in [1.82, 2.24) is 4.90 Å². The van der Waals surface area contributed by atoms with E-state index in [0.29, 0.717) is 24.4 Å². The van der Waals surface area contributed by atoms with Crippen LogP contribution < -0.4 is 0 Å². The standard InChI is InChI=1S/C21H27NO4/c23-16-6-4-13-10-15-14-5-7-17(24)20(26)21(14,18(13)19(16)25)8-9-22(15)11-12-2-1-3-12/h4,6,12,14-15,20,23,25-26H,1-3,5,7-11H2/t14?,15?,20?,21-/m1/s1. The molecule has 3 fully saturated rings. The third-order valence-corrected chi connectivity index (χ3v) is 7.76. The van der Waals surface area contributed by atoms with Crippen molar-refractivity contribution in [2.24, 2.45) is 11.8 Å². The van der Waals surface area contributed by atoms with E-state index in [9.17, 15) is 20.1 Å². The number of Topliss-reactive ketones (excluding diaryl/α,β-unsaturated/α-hetero) is 1. The SMILES string of the molecule is O=C1CCC2C3Cc4ccc(O)c(O)c4[C@]2(CCN3CC2CCC2)C1O. The normalized spacial score (nSPS) is 37.0. The molecule has 5 rings (SSSR count). The number of likely N-dealkylation sites (tertiary alicyclic amines) is 1. The van der Waals surface area contributed by atoms with Crippen LogP contribution in [0.4, 0.5) is 0 Å². The highest BCUT2D eigenvalue weighted by Crippen LogP contribution is 2.58. The molecule has 0 aromatic heterocycles. The maximum Gasteiger partial charge on any atom is 0.162 e. The van der Waals surface area contributed by atoms with Gasteiger partial charge in [0.05, 0.1) is 0 Å². The summed E-state index contributed by atoms with van der Waals surface area (Å²) in [5.74, 6) is 0.532. The van der Waals surface area contributed by atoms with Gasteiger partial charge in [-0.05, 0) is 62.1 Å². The van der Waals surface area contributed by atoms with E-state index in [-0.39, 0.29) is 23.2 Å². The maximum absolute atomic E-state index is 12.5. The van der Waals surface area contributed by atoms with E-state index in [4.69, 9.17) is 0 Å². The second kappa shape index (κ2) is 5.70. The van der Waals surface area contributed by atoms with Gasteiger partial charge in [-0.2, -0.15) is 0 Å². The van der Waals surface area contributed by atoms with Crippen LogP contribution >= 0.6 is 0 Å². The number of piperidine rings is 1. The number of carbonyl (C=O) groups excluding carboxylic acids is 1. The molecule has 1 aliphatic heterocycles. The first-order valence-electron chi connectivity index (χ1n) is 10.0. The Morgan fingerprint density at radius 3 is 2.73 bits per heavy atom. The number of ketones is 1. The van der Waals surface area contributed by atoms with Crippen molar-refractivity contribution < 1.29 is 20.1 Å². The number of hydrogen-bond donors (Lipinski definition) is 3. The molecule has 4 atom stereocenters. The second-order valence-electron chi connectivity index (χ2n) is 8.84. The fourth-order valence-electron chi connectivity index (χ4n) is 6.28. The van der Waals surface area contributed by atoms with E-state index in [1.807, 2.05) is 6.07 Å². The van der Waals surface area contributed by atoms with Gasteiger partial charge in [0.15, 0.2) is 17.3 Å². The molecule has 26 heavy (non-hydrogen) atoms. The largest absolute Gasteiger partial charge is 0.504 e. The Balaban J connectivity index is 1.63. The predicted molar refractivity (Wildman–Crippen MR) is 96.2 cm³/mol. The molecule has 5 nitrogen and oxygen atoms in total. The van der Waals surface area contributed by atoms with Gasteiger partial charge in [0.1, 0.15) is 6.10 Å². The summed E-state index contributed by atoms with van der Waals surface area (Å²) < 4.78 is 0. The summed E-state index contributed by atoms with van der Waals surface area (Å²) in [7, 11) is 0. The average molecular weight is 357 g/mol. The first-order chi connectivity index (χ1) is 12.5. The van der Waals surface area contributed by atoms with Crippen LogP contribution in [0.25, 0.3) is 0 Å². The van der Waals surface area contributed by atoms with Gasteiger partial charge >= 0.3 is 0 Å². The minimum absolute atomic E-state index is 0.122. The summed E-state index contributed by atoms with van der Waals surface area (Å²) in [6.07, 6.45) is 5.53. The zero-order chi connectivity index (χ0) is 18.1. The number of aromatic hydroxyl groups is 2. The number of hydrogen-bond acceptors (Lipinski definition) is 5. The Labute approximate surface area is 153 Å². The molecule has 140 valence electrons. The Bertz CT molecular complexity index is 759. The number of nitrogens with zero attached hydrogens (tertiary/aromatic N) is 1. The van der Waals surface area contributed by atoms with Crippen molar-refractivity contribution in [3.8, 4) is 11.5 Å². The van der Waals surface area contributed by atoms with Gasteiger partial charge in [0, 0.05) is 30.0 Å². The fourth-order valence-corrected chi connectivity index (χ4v) is 6.28. The Kier molecular flexibility index (Phi) is 3.63. The molecule has 1 heterocycles.